The van der Waals surface area contributed by atoms with E-state index in [0.717, 1.165) is 6.54 Å². The third-order valence-corrected chi connectivity index (χ3v) is 3.47. The van der Waals surface area contributed by atoms with E-state index in [1.165, 1.54) is 0 Å². The van der Waals surface area contributed by atoms with Gasteiger partial charge < -0.3 is 10.1 Å². The molecule has 1 rings (SSSR count). The van der Waals surface area contributed by atoms with Gasteiger partial charge >= 0.3 is 5.51 Å². The fourth-order valence-corrected chi connectivity index (χ4v) is 2.38. The van der Waals surface area contributed by atoms with Crippen LogP contribution >= 0.6 is 11.8 Å². The largest absolute Gasteiger partial charge is 0.441 e. The number of hydrogen-bond donors (Lipinski definition) is 1. The molecule has 7 heteroatoms. The lowest BCUT2D eigenvalue weighted by atomic mass is 10.2. The first-order chi connectivity index (χ1) is 8.38. The van der Waals surface area contributed by atoms with Crippen molar-refractivity contribution in [3.8, 4) is 0 Å². The van der Waals surface area contributed by atoms with E-state index >= 15 is 0 Å². The van der Waals surface area contributed by atoms with Crippen LogP contribution in [0.4, 0.5) is 13.2 Å². The lowest BCUT2D eigenvalue weighted by molar-refractivity contribution is -0.0334. The summed E-state index contributed by atoms with van der Waals surface area (Å²) >= 11 is 0.0508. The highest BCUT2D eigenvalue weighted by Gasteiger charge is 2.29. The van der Waals surface area contributed by atoms with Crippen LogP contribution in [0.5, 0.6) is 0 Å². The first kappa shape index (κ1) is 16.1. The number of morpholine rings is 1. The van der Waals surface area contributed by atoms with Crippen molar-refractivity contribution in [1.82, 2.24) is 10.2 Å². The zero-order chi connectivity index (χ0) is 13.6. The van der Waals surface area contributed by atoms with Crippen LogP contribution in [0.2, 0.25) is 0 Å². The second kappa shape index (κ2) is 7.57. The van der Waals surface area contributed by atoms with Gasteiger partial charge in [0.05, 0.1) is 13.2 Å². The van der Waals surface area contributed by atoms with Gasteiger partial charge in [-0.15, -0.1) is 0 Å². The number of halogens is 3. The average molecular weight is 286 g/mol. The van der Waals surface area contributed by atoms with Crippen LogP contribution < -0.4 is 5.32 Å². The Bertz CT molecular complexity index is 239. The molecule has 1 heterocycles. The summed E-state index contributed by atoms with van der Waals surface area (Å²) in [7, 11) is 0. The van der Waals surface area contributed by atoms with E-state index in [4.69, 9.17) is 4.74 Å². The monoisotopic (exact) mass is 286 g/mol. The fraction of sp³-hybridized carbons (Fsp3) is 1.00. The molecule has 3 nitrogen and oxygen atoms in total. The van der Waals surface area contributed by atoms with Gasteiger partial charge in [-0.3, -0.25) is 4.90 Å². The molecule has 0 aliphatic carbocycles. The summed E-state index contributed by atoms with van der Waals surface area (Å²) in [6.45, 7) is 7.22. The molecular weight excluding hydrogens is 265 g/mol. The summed E-state index contributed by atoms with van der Waals surface area (Å²) in [5.74, 6) is 0.0850. The first-order valence-corrected chi connectivity index (χ1v) is 7.13. The van der Waals surface area contributed by atoms with Crippen LogP contribution in [-0.2, 0) is 4.74 Å². The van der Waals surface area contributed by atoms with Crippen molar-refractivity contribution >= 4 is 11.8 Å². The van der Waals surface area contributed by atoms with E-state index in [1.54, 1.807) is 0 Å². The van der Waals surface area contributed by atoms with Crippen LogP contribution in [0.3, 0.4) is 0 Å². The van der Waals surface area contributed by atoms with Crippen LogP contribution in [0.25, 0.3) is 0 Å². The minimum Gasteiger partial charge on any atom is -0.378 e. The van der Waals surface area contributed by atoms with Gasteiger partial charge in [-0.05, 0) is 11.8 Å². The molecule has 18 heavy (non-hydrogen) atoms. The molecule has 0 bridgehead atoms. The van der Waals surface area contributed by atoms with Crippen molar-refractivity contribution in [3.05, 3.63) is 0 Å². The summed E-state index contributed by atoms with van der Waals surface area (Å²) in [6.07, 6.45) is 0. The Morgan fingerprint density at radius 3 is 2.78 bits per heavy atom. The van der Waals surface area contributed by atoms with E-state index < -0.39 is 5.51 Å². The van der Waals surface area contributed by atoms with Crippen molar-refractivity contribution in [2.24, 2.45) is 0 Å². The number of nitrogens with zero attached hydrogens (tertiary/aromatic N) is 1. The second-order valence-corrected chi connectivity index (χ2v) is 5.78. The van der Waals surface area contributed by atoms with Gasteiger partial charge in [0.15, 0.2) is 0 Å². The summed E-state index contributed by atoms with van der Waals surface area (Å²) in [4.78, 5) is 2.08. The van der Waals surface area contributed by atoms with Crippen LogP contribution in [0.15, 0.2) is 0 Å². The number of rotatable bonds is 6. The molecule has 1 fully saturated rings. The molecule has 1 aliphatic heterocycles. The van der Waals surface area contributed by atoms with Gasteiger partial charge in [0.2, 0.25) is 0 Å². The molecule has 0 aromatic rings. The number of alkyl halides is 3. The van der Waals surface area contributed by atoms with Gasteiger partial charge in [-0.1, -0.05) is 13.8 Å². The van der Waals surface area contributed by atoms with Crippen molar-refractivity contribution in [2.75, 3.05) is 38.6 Å². The summed E-state index contributed by atoms with van der Waals surface area (Å²) in [5, 5.41) is 3.30. The Hall–Kier alpha value is 0.0200. The molecule has 108 valence electrons. The lowest BCUT2D eigenvalue weighted by Crippen LogP contribution is -2.51. The normalized spacial score (nSPS) is 22.7. The highest BCUT2D eigenvalue weighted by molar-refractivity contribution is 8.00. The Morgan fingerprint density at radius 2 is 2.17 bits per heavy atom. The molecule has 1 atom stereocenters. The SMILES string of the molecule is CC(C)NCC1COCCN1CCSC(F)(F)F. The third-order valence-electron chi connectivity index (χ3n) is 2.76. The molecule has 0 aromatic heterocycles. The van der Waals surface area contributed by atoms with Crippen molar-refractivity contribution < 1.29 is 17.9 Å². The molecule has 0 spiro atoms. The van der Waals surface area contributed by atoms with Gasteiger partial charge in [-0.25, -0.2) is 0 Å². The van der Waals surface area contributed by atoms with E-state index in [0.29, 0.717) is 32.3 Å². The smallest absolute Gasteiger partial charge is 0.378 e. The summed E-state index contributed by atoms with van der Waals surface area (Å²) in [5.41, 5.74) is -4.13. The Kier molecular flexibility index (Phi) is 6.76. The van der Waals surface area contributed by atoms with Gasteiger partial charge in [0, 0.05) is 37.5 Å². The van der Waals surface area contributed by atoms with Crippen LogP contribution in [0.1, 0.15) is 13.8 Å². The minimum atomic E-state index is -4.13. The van der Waals surface area contributed by atoms with Gasteiger partial charge in [0.1, 0.15) is 0 Å². The zero-order valence-electron chi connectivity index (χ0n) is 10.8. The fourth-order valence-electron chi connectivity index (χ4n) is 1.82. The zero-order valence-corrected chi connectivity index (χ0v) is 11.6. The Labute approximate surface area is 110 Å². The van der Waals surface area contributed by atoms with E-state index in [1.807, 2.05) is 13.8 Å². The van der Waals surface area contributed by atoms with Crippen LogP contribution in [0, 0.1) is 0 Å². The molecule has 1 unspecified atom stereocenters. The van der Waals surface area contributed by atoms with E-state index in [9.17, 15) is 13.2 Å². The lowest BCUT2D eigenvalue weighted by Gasteiger charge is -2.36. The Balaban J connectivity index is 2.30. The minimum absolute atomic E-state index is 0.0508. The second-order valence-electron chi connectivity index (χ2n) is 4.62. The summed E-state index contributed by atoms with van der Waals surface area (Å²) in [6, 6.07) is 0.549. The molecular formula is C11H21F3N2OS. The maximum Gasteiger partial charge on any atom is 0.441 e. The molecule has 1 aliphatic rings. The summed E-state index contributed by atoms with van der Waals surface area (Å²) < 4.78 is 41.6. The first-order valence-electron chi connectivity index (χ1n) is 6.14. The van der Waals surface area contributed by atoms with Gasteiger partial charge in [-0.2, -0.15) is 13.2 Å². The van der Waals surface area contributed by atoms with E-state index in [2.05, 4.69) is 10.2 Å². The van der Waals surface area contributed by atoms with Crippen LogP contribution in [-0.4, -0.2) is 61.1 Å². The topological polar surface area (TPSA) is 24.5 Å². The molecule has 0 radical (unpaired) electrons. The third kappa shape index (κ3) is 6.82. The quantitative estimate of drug-likeness (QED) is 0.806. The predicted molar refractivity (Wildman–Crippen MR) is 67.8 cm³/mol. The molecule has 1 N–H and O–H groups in total. The predicted octanol–water partition coefficient (Wildman–Crippen LogP) is 1.94. The number of ether oxygens (including phenoxy) is 1. The van der Waals surface area contributed by atoms with E-state index in [-0.39, 0.29) is 23.6 Å². The number of thioether (sulfide) groups is 1. The Morgan fingerprint density at radius 1 is 1.44 bits per heavy atom. The van der Waals surface area contributed by atoms with Crippen molar-refractivity contribution in [3.63, 3.8) is 0 Å². The molecule has 0 saturated carbocycles. The highest BCUT2D eigenvalue weighted by Crippen LogP contribution is 2.30. The highest BCUT2D eigenvalue weighted by atomic mass is 32.2. The number of hydrogen-bond acceptors (Lipinski definition) is 4. The average Bonchev–Trinajstić information content (AvgIpc) is 2.26. The molecule has 0 aromatic carbocycles. The maximum atomic E-state index is 12.1. The molecule has 0 amide bonds. The molecule has 1 saturated heterocycles. The van der Waals surface area contributed by atoms with Crippen molar-refractivity contribution in [1.29, 1.82) is 0 Å². The van der Waals surface area contributed by atoms with Crippen molar-refractivity contribution in [2.45, 2.75) is 31.4 Å². The maximum absolute atomic E-state index is 12.1. The number of nitrogens with one attached hydrogen (secondary N) is 1. The standard InChI is InChI=1S/C11H21F3N2OS/c1-9(2)15-7-10-8-17-5-3-16(10)4-6-18-11(12,13)14/h9-10,15H,3-8H2,1-2H3. The van der Waals surface area contributed by atoms with Gasteiger partial charge in [0.25, 0.3) is 0 Å².